The van der Waals surface area contributed by atoms with Crippen molar-refractivity contribution in [1.29, 1.82) is 5.26 Å². The Kier molecular flexibility index (Phi) is 10.4. The molecule has 234 valence electrons. The van der Waals surface area contributed by atoms with E-state index in [1.807, 2.05) is 14.1 Å². The lowest BCUT2D eigenvalue weighted by Crippen LogP contribution is -2.42. The van der Waals surface area contributed by atoms with Gasteiger partial charge in [-0.25, -0.2) is 19.3 Å². The summed E-state index contributed by atoms with van der Waals surface area (Å²) in [5, 5.41) is 24.4. The largest absolute Gasteiger partial charge is 0.554 e. The van der Waals surface area contributed by atoms with Crippen molar-refractivity contribution in [2.45, 2.75) is 25.7 Å². The van der Waals surface area contributed by atoms with Gasteiger partial charge in [0.05, 0.1) is 50.6 Å². The zero-order valence-corrected chi connectivity index (χ0v) is 24.6. The lowest BCUT2D eigenvalue weighted by atomic mass is 9.89. The number of nitriles is 1. The van der Waals surface area contributed by atoms with Gasteiger partial charge in [-0.2, -0.15) is 18.4 Å². The Morgan fingerprint density at radius 1 is 1.23 bits per heavy atom. The zero-order chi connectivity index (χ0) is 32.8. The van der Waals surface area contributed by atoms with Crippen LogP contribution in [0, 0.1) is 11.3 Å². The predicted octanol–water partition coefficient (Wildman–Crippen LogP) is 2.24. The smallest absolute Gasteiger partial charge is 0.416 e. The van der Waals surface area contributed by atoms with E-state index in [1.165, 1.54) is 28.7 Å². The van der Waals surface area contributed by atoms with Crippen molar-refractivity contribution >= 4 is 24.1 Å². The number of anilines is 2. The Bertz CT molecular complexity index is 1650. The summed E-state index contributed by atoms with van der Waals surface area (Å²) in [7, 11) is 6.75. The summed E-state index contributed by atoms with van der Waals surface area (Å²) in [5.41, 5.74) is 0.354. The summed E-state index contributed by atoms with van der Waals surface area (Å²) < 4.78 is 52.8. The Morgan fingerprint density at radius 3 is 2.50 bits per heavy atom. The minimum atomic E-state index is -4.62. The standard InChI is InChI=1S/C28H29F3N6O4.CH2O2/c1-17-23(25(38)41-5)24(22-10-9-18(15-32)13-19(22)16-37(2,3)11-12-40-4)36-26(33-34-27(36)39)35(17)21-8-6-7-20(14-21)28(29,30)31;2-1-3/h6-10,13-14,24H,11-12,16H2,1-5H3;1H,(H,2,3)/t24-;/m1./s1. The second kappa shape index (κ2) is 13.6. The molecule has 0 saturated carbocycles. The highest BCUT2D eigenvalue weighted by atomic mass is 19.4. The van der Waals surface area contributed by atoms with Gasteiger partial charge < -0.3 is 23.9 Å². The number of carboxylic acid groups (broad SMARTS) is 1. The van der Waals surface area contributed by atoms with E-state index in [-0.39, 0.29) is 22.9 Å². The second-order valence-corrected chi connectivity index (χ2v) is 10.4. The van der Waals surface area contributed by atoms with Crippen LogP contribution in [-0.4, -0.2) is 73.2 Å². The fourth-order valence-electron chi connectivity index (χ4n) is 5.04. The molecule has 2 aromatic carbocycles. The summed E-state index contributed by atoms with van der Waals surface area (Å²) in [6.45, 7) is 2.59. The minimum Gasteiger partial charge on any atom is -0.554 e. The number of nitrogens with one attached hydrogen (secondary N) is 1. The molecule has 12 nitrogen and oxygen atoms in total. The SMILES string of the molecule is COCC[N+](C)(C)Cc1cc(C#N)ccc1[C@@H]1C(C(=O)OC)=C(C)N(c2cccc(C(F)(F)F)c2)c2n[nH]c(=O)n21.O=C[O-]. The number of aromatic amines is 1. The zero-order valence-electron chi connectivity index (χ0n) is 24.6. The molecule has 0 radical (unpaired) electrons. The summed E-state index contributed by atoms with van der Waals surface area (Å²) >= 11 is 0. The molecule has 0 fully saturated rings. The van der Waals surface area contributed by atoms with Crippen molar-refractivity contribution in [3.63, 3.8) is 0 Å². The number of hydrogen-bond donors (Lipinski definition) is 1. The van der Waals surface area contributed by atoms with E-state index in [1.54, 1.807) is 32.2 Å². The van der Waals surface area contributed by atoms with Crippen molar-refractivity contribution in [1.82, 2.24) is 14.8 Å². The second-order valence-electron chi connectivity index (χ2n) is 10.4. The number of esters is 1. The molecular formula is C29H31F3N6O6. The summed E-state index contributed by atoms with van der Waals surface area (Å²) in [5.74, 6) is -0.778. The van der Waals surface area contributed by atoms with E-state index in [0.29, 0.717) is 40.9 Å². The Morgan fingerprint density at radius 2 is 1.91 bits per heavy atom. The molecule has 3 aromatic rings. The van der Waals surface area contributed by atoms with E-state index in [2.05, 4.69) is 16.3 Å². The number of aromatic nitrogens is 3. The molecule has 2 heterocycles. The first-order chi connectivity index (χ1) is 20.7. The number of carbonyl (C=O) groups is 2. The van der Waals surface area contributed by atoms with Crippen LogP contribution in [0.5, 0.6) is 0 Å². The van der Waals surface area contributed by atoms with Gasteiger partial charge in [-0.3, -0.25) is 4.90 Å². The predicted molar refractivity (Wildman–Crippen MR) is 149 cm³/mol. The van der Waals surface area contributed by atoms with Crippen molar-refractivity contribution in [3.05, 3.63) is 86.5 Å². The number of likely N-dealkylation sites (N-methyl/N-ethyl adjacent to an activating group) is 1. The molecule has 0 unspecified atom stereocenters. The van der Waals surface area contributed by atoms with Crippen molar-refractivity contribution in [2.75, 3.05) is 46.4 Å². The lowest BCUT2D eigenvalue weighted by molar-refractivity contribution is -0.904. The number of alkyl halides is 3. The van der Waals surface area contributed by atoms with Gasteiger partial charge in [-0.05, 0) is 42.8 Å². The Hall–Kier alpha value is -4.94. The highest BCUT2D eigenvalue weighted by Crippen LogP contribution is 2.43. The summed E-state index contributed by atoms with van der Waals surface area (Å²) in [4.78, 5) is 36.2. The van der Waals surface area contributed by atoms with Gasteiger partial charge in [0, 0.05) is 30.5 Å². The number of methoxy groups -OCH3 is 2. The lowest BCUT2D eigenvalue weighted by Gasteiger charge is -2.37. The molecule has 1 aliphatic heterocycles. The highest BCUT2D eigenvalue weighted by Gasteiger charge is 2.41. The quantitative estimate of drug-likeness (QED) is 0.228. The molecular weight excluding hydrogens is 585 g/mol. The van der Waals surface area contributed by atoms with Gasteiger partial charge in [0.1, 0.15) is 19.1 Å². The molecule has 0 spiro atoms. The third-order valence-electron chi connectivity index (χ3n) is 7.05. The monoisotopic (exact) mass is 616 g/mol. The first kappa shape index (κ1) is 33.6. The van der Waals surface area contributed by atoms with E-state index in [4.69, 9.17) is 19.4 Å². The first-order valence-electron chi connectivity index (χ1n) is 13.1. The number of allylic oxidation sites excluding steroid dienone is 1. The van der Waals surface area contributed by atoms with Crippen LogP contribution in [0.3, 0.4) is 0 Å². The van der Waals surface area contributed by atoms with Crippen LogP contribution in [0.1, 0.15) is 35.2 Å². The number of halogens is 3. The number of ether oxygens (including phenoxy) is 2. The van der Waals surface area contributed by atoms with E-state index >= 15 is 0 Å². The normalized spacial score (nSPS) is 14.7. The molecule has 0 amide bonds. The van der Waals surface area contributed by atoms with Crippen molar-refractivity contribution in [2.24, 2.45) is 0 Å². The number of quaternary nitrogens is 1. The van der Waals surface area contributed by atoms with Crippen LogP contribution in [-0.2, 0) is 31.8 Å². The molecule has 0 saturated heterocycles. The van der Waals surface area contributed by atoms with Crippen LogP contribution >= 0.6 is 0 Å². The number of carbonyl (C=O) groups excluding carboxylic acids is 2. The van der Waals surface area contributed by atoms with Gasteiger partial charge in [0.15, 0.2) is 0 Å². The van der Waals surface area contributed by atoms with Gasteiger partial charge in [-0.1, -0.05) is 12.1 Å². The molecule has 0 aliphatic carbocycles. The molecule has 44 heavy (non-hydrogen) atoms. The summed E-state index contributed by atoms with van der Waals surface area (Å²) in [6.07, 6.45) is -4.62. The number of hydrogen-bond acceptors (Lipinski definition) is 9. The van der Waals surface area contributed by atoms with E-state index in [9.17, 15) is 28.0 Å². The van der Waals surface area contributed by atoms with Crippen molar-refractivity contribution < 1.29 is 41.8 Å². The number of benzene rings is 2. The van der Waals surface area contributed by atoms with Gasteiger partial charge in [-0.15, -0.1) is 5.10 Å². The maximum absolute atomic E-state index is 13.6. The number of rotatable bonds is 8. The topological polar surface area (TPSA) is 153 Å². The van der Waals surface area contributed by atoms with Crippen LogP contribution < -0.4 is 15.7 Å². The Labute approximate surface area is 250 Å². The van der Waals surface area contributed by atoms with E-state index < -0.39 is 35.9 Å². The summed E-state index contributed by atoms with van der Waals surface area (Å²) in [6, 6.07) is 10.6. The molecule has 1 aromatic heterocycles. The van der Waals surface area contributed by atoms with Crippen LogP contribution in [0.4, 0.5) is 24.8 Å². The molecule has 1 aliphatic rings. The van der Waals surface area contributed by atoms with Crippen LogP contribution in [0.25, 0.3) is 0 Å². The third kappa shape index (κ3) is 6.99. The maximum atomic E-state index is 13.6. The number of fused-ring (bicyclic) bond motifs is 1. The number of nitrogens with zero attached hydrogens (tertiary/aromatic N) is 5. The van der Waals surface area contributed by atoms with Gasteiger partial charge in [0.2, 0.25) is 5.95 Å². The maximum Gasteiger partial charge on any atom is 0.416 e. The van der Waals surface area contributed by atoms with E-state index in [0.717, 1.165) is 12.1 Å². The molecule has 4 rings (SSSR count). The average Bonchev–Trinajstić information content (AvgIpc) is 3.35. The Balaban J connectivity index is 0.00000169. The molecule has 0 bridgehead atoms. The molecule has 1 N–H and O–H groups in total. The molecule has 15 heteroatoms. The van der Waals surface area contributed by atoms with Crippen LogP contribution in [0.2, 0.25) is 0 Å². The fourth-order valence-corrected chi connectivity index (χ4v) is 5.04. The minimum absolute atomic E-state index is 0.00656. The average molecular weight is 617 g/mol. The number of H-pyrrole nitrogens is 1. The van der Waals surface area contributed by atoms with Gasteiger partial charge >= 0.3 is 17.8 Å². The molecule has 1 atom stereocenters. The van der Waals surface area contributed by atoms with Crippen molar-refractivity contribution in [3.8, 4) is 6.07 Å². The fraction of sp³-hybridized carbons (Fsp3) is 0.345. The first-order valence-corrected chi connectivity index (χ1v) is 13.1. The van der Waals surface area contributed by atoms with Crippen LogP contribution in [0.15, 0.2) is 58.5 Å². The highest BCUT2D eigenvalue weighted by molar-refractivity contribution is 5.93. The third-order valence-corrected chi connectivity index (χ3v) is 7.05. The van der Waals surface area contributed by atoms with Gasteiger partial charge in [0.25, 0.3) is 0 Å².